The van der Waals surface area contributed by atoms with Gasteiger partial charge in [0, 0.05) is 22.6 Å². The molecule has 0 saturated heterocycles. The van der Waals surface area contributed by atoms with Gasteiger partial charge in [0.25, 0.3) is 11.5 Å². The third kappa shape index (κ3) is 6.89. The predicted molar refractivity (Wildman–Crippen MR) is 162 cm³/mol. The van der Waals surface area contributed by atoms with Crippen LogP contribution in [-0.4, -0.2) is 29.2 Å². The largest absolute Gasteiger partial charge is 0.339 e. The Kier molecular flexibility index (Phi) is 8.54. The van der Waals surface area contributed by atoms with Crippen LogP contribution in [0.5, 0.6) is 0 Å². The maximum absolute atomic E-state index is 15.5. The molecule has 0 aliphatic heterocycles. The van der Waals surface area contributed by atoms with Crippen molar-refractivity contribution in [3.63, 3.8) is 0 Å². The predicted octanol–water partition coefficient (Wildman–Crippen LogP) is 5.36. The number of hydrogen-bond acceptors (Lipinski definition) is 6. The third-order valence-corrected chi connectivity index (χ3v) is 9.54. The van der Waals surface area contributed by atoms with E-state index in [-0.39, 0.29) is 40.3 Å². The van der Waals surface area contributed by atoms with Gasteiger partial charge < -0.3 is 5.32 Å². The highest BCUT2D eigenvalue weighted by molar-refractivity contribution is 14.1. The minimum atomic E-state index is -3.81. The SMILES string of the molecule is Cn1c(Nc2ccc(I)cc2F)c(C(=O)NOC(C)(C)C)cc(Cc2cccc(NS(=O)(=O)C3(C)CC3)c2F)c1=O. The number of carbonyl (C=O) groups is 1. The van der Waals surface area contributed by atoms with Crippen LogP contribution in [0.1, 0.15) is 62.0 Å². The Morgan fingerprint density at radius 1 is 1.10 bits per heavy atom. The van der Waals surface area contributed by atoms with Crippen molar-refractivity contribution in [1.82, 2.24) is 10.0 Å². The van der Waals surface area contributed by atoms with Crippen LogP contribution in [-0.2, 0) is 28.3 Å². The fourth-order valence-electron chi connectivity index (χ4n) is 3.94. The lowest BCUT2D eigenvalue weighted by Gasteiger charge is -2.21. The van der Waals surface area contributed by atoms with Gasteiger partial charge in [0.1, 0.15) is 11.6 Å². The first-order valence-electron chi connectivity index (χ1n) is 12.7. The normalized spacial score (nSPS) is 14.4. The van der Waals surface area contributed by atoms with Crippen LogP contribution in [0.3, 0.4) is 0 Å². The maximum Gasteiger partial charge on any atom is 0.278 e. The summed E-state index contributed by atoms with van der Waals surface area (Å²) in [7, 11) is -2.41. The molecule has 0 spiro atoms. The van der Waals surface area contributed by atoms with Gasteiger partial charge in [-0.15, -0.1) is 0 Å². The molecule has 1 heterocycles. The standard InChI is InChI=1S/C28H31F2IN4O5S/c1-27(2,3)40-33-25(36)19-14-17(26(37)35(5)24(19)32-21-10-9-18(31)15-20(21)29)13-16-7-6-8-22(23(16)30)34-41(38,39)28(4)11-12-28/h6-10,14-15,32,34H,11-13H2,1-5H3,(H,33,36). The number of rotatable bonds is 9. The molecule has 1 aromatic heterocycles. The number of anilines is 3. The molecular formula is C28H31F2IN4O5S. The Hall–Kier alpha value is -3.04. The van der Waals surface area contributed by atoms with Crippen LogP contribution >= 0.6 is 22.6 Å². The zero-order valence-electron chi connectivity index (χ0n) is 23.2. The number of nitrogens with zero attached hydrogens (tertiary/aromatic N) is 1. The molecule has 220 valence electrons. The highest BCUT2D eigenvalue weighted by atomic mass is 127. The summed E-state index contributed by atoms with van der Waals surface area (Å²) in [5, 5.41) is 2.83. The van der Waals surface area contributed by atoms with Gasteiger partial charge in [0.2, 0.25) is 10.0 Å². The molecule has 1 saturated carbocycles. The molecule has 0 atom stereocenters. The average molecular weight is 701 g/mol. The van der Waals surface area contributed by atoms with Crippen molar-refractivity contribution >= 4 is 55.7 Å². The number of amides is 1. The van der Waals surface area contributed by atoms with Gasteiger partial charge >= 0.3 is 0 Å². The first-order valence-corrected chi connectivity index (χ1v) is 15.3. The van der Waals surface area contributed by atoms with Gasteiger partial charge in [-0.05, 0) is 99.0 Å². The van der Waals surface area contributed by atoms with E-state index in [9.17, 15) is 22.4 Å². The highest BCUT2D eigenvalue weighted by Crippen LogP contribution is 2.43. The molecule has 0 radical (unpaired) electrons. The number of halogens is 3. The molecule has 3 aromatic rings. The first kappa shape index (κ1) is 30.9. The van der Waals surface area contributed by atoms with Crippen molar-refractivity contribution in [3.05, 3.63) is 84.7 Å². The molecule has 1 amide bonds. The molecule has 1 aliphatic carbocycles. The van der Waals surface area contributed by atoms with Crippen LogP contribution in [0.4, 0.5) is 26.0 Å². The number of aromatic nitrogens is 1. The van der Waals surface area contributed by atoms with Crippen molar-refractivity contribution in [1.29, 1.82) is 0 Å². The van der Waals surface area contributed by atoms with Gasteiger partial charge in [0.15, 0.2) is 5.82 Å². The van der Waals surface area contributed by atoms with Crippen LogP contribution in [0.25, 0.3) is 0 Å². The number of sulfonamides is 1. The second kappa shape index (κ2) is 11.3. The molecular weight excluding hydrogens is 669 g/mol. The molecule has 0 bridgehead atoms. The smallest absolute Gasteiger partial charge is 0.278 e. The van der Waals surface area contributed by atoms with E-state index in [1.165, 1.54) is 43.4 Å². The van der Waals surface area contributed by atoms with E-state index in [4.69, 9.17) is 4.84 Å². The topological polar surface area (TPSA) is 119 Å². The van der Waals surface area contributed by atoms with Crippen LogP contribution < -0.4 is 21.1 Å². The third-order valence-electron chi connectivity index (χ3n) is 6.67. The maximum atomic E-state index is 15.5. The monoisotopic (exact) mass is 700 g/mol. The lowest BCUT2D eigenvalue weighted by molar-refractivity contribution is -0.0589. The summed E-state index contributed by atoms with van der Waals surface area (Å²) in [6, 6.07) is 9.95. The molecule has 3 N–H and O–H groups in total. The van der Waals surface area contributed by atoms with E-state index in [1.807, 2.05) is 22.6 Å². The molecule has 1 fully saturated rings. The number of pyridine rings is 1. The summed E-state index contributed by atoms with van der Waals surface area (Å²) in [6.45, 7) is 6.78. The minimum Gasteiger partial charge on any atom is -0.339 e. The van der Waals surface area contributed by atoms with E-state index < -0.39 is 43.5 Å². The van der Waals surface area contributed by atoms with Gasteiger partial charge in [0.05, 0.1) is 27.3 Å². The quantitative estimate of drug-likeness (QED) is 0.205. The zero-order valence-corrected chi connectivity index (χ0v) is 26.2. The van der Waals surface area contributed by atoms with Crippen molar-refractivity contribution in [2.24, 2.45) is 7.05 Å². The summed E-state index contributed by atoms with van der Waals surface area (Å²) >= 11 is 1.96. The molecule has 9 nitrogen and oxygen atoms in total. The van der Waals surface area contributed by atoms with Crippen LogP contribution in [0, 0.1) is 15.2 Å². The molecule has 0 unspecified atom stereocenters. The Bertz CT molecular complexity index is 1680. The average Bonchev–Trinajstić information content (AvgIpc) is 3.64. The van der Waals surface area contributed by atoms with E-state index in [2.05, 4.69) is 15.5 Å². The van der Waals surface area contributed by atoms with Crippen molar-refractivity contribution in [2.75, 3.05) is 10.0 Å². The molecule has 2 aromatic carbocycles. The molecule has 13 heteroatoms. The van der Waals surface area contributed by atoms with Crippen molar-refractivity contribution < 1.29 is 26.8 Å². The Morgan fingerprint density at radius 3 is 2.39 bits per heavy atom. The Morgan fingerprint density at radius 2 is 1.78 bits per heavy atom. The Balaban J connectivity index is 1.74. The summed E-state index contributed by atoms with van der Waals surface area (Å²) in [5.74, 6) is -2.14. The van der Waals surface area contributed by atoms with E-state index in [1.54, 1.807) is 33.8 Å². The lowest BCUT2D eigenvalue weighted by atomic mass is 10.0. The Labute approximate surface area is 250 Å². The van der Waals surface area contributed by atoms with Crippen molar-refractivity contribution in [2.45, 2.75) is 57.3 Å². The fourth-order valence-corrected chi connectivity index (χ4v) is 5.73. The second-order valence-electron chi connectivity index (χ2n) is 11.2. The highest BCUT2D eigenvalue weighted by Gasteiger charge is 2.50. The summed E-state index contributed by atoms with van der Waals surface area (Å²) in [4.78, 5) is 32.1. The number of hydrogen-bond donors (Lipinski definition) is 3. The van der Waals surface area contributed by atoms with Gasteiger partial charge in [-0.1, -0.05) is 12.1 Å². The number of hydroxylamine groups is 1. The second-order valence-corrected chi connectivity index (χ2v) is 14.6. The first-order chi connectivity index (χ1) is 19.0. The van der Waals surface area contributed by atoms with Crippen LogP contribution in [0.2, 0.25) is 0 Å². The molecule has 41 heavy (non-hydrogen) atoms. The molecule has 1 aliphatic rings. The molecule has 4 rings (SSSR count). The van der Waals surface area contributed by atoms with Crippen LogP contribution in [0.15, 0.2) is 47.3 Å². The van der Waals surface area contributed by atoms with E-state index in [0.717, 1.165) is 4.57 Å². The van der Waals surface area contributed by atoms with E-state index in [0.29, 0.717) is 16.4 Å². The summed E-state index contributed by atoms with van der Waals surface area (Å²) < 4.78 is 58.7. The van der Waals surface area contributed by atoms with E-state index >= 15 is 4.39 Å². The zero-order chi connectivity index (χ0) is 30.3. The van der Waals surface area contributed by atoms with Gasteiger partial charge in [-0.2, -0.15) is 0 Å². The number of nitrogens with one attached hydrogen (secondary N) is 3. The summed E-state index contributed by atoms with van der Waals surface area (Å²) in [6.07, 6.45) is 0.718. The number of carbonyl (C=O) groups excluding carboxylic acids is 1. The fraction of sp³-hybridized carbons (Fsp3) is 0.357. The minimum absolute atomic E-state index is 0.00599. The van der Waals surface area contributed by atoms with Gasteiger partial charge in [-0.25, -0.2) is 22.7 Å². The summed E-state index contributed by atoms with van der Waals surface area (Å²) in [5.41, 5.74) is 0.909. The van der Waals surface area contributed by atoms with Crippen molar-refractivity contribution in [3.8, 4) is 0 Å². The number of benzene rings is 2. The lowest BCUT2D eigenvalue weighted by Crippen LogP contribution is -2.35. The van der Waals surface area contributed by atoms with Gasteiger partial charge in [-0.3, -0.25) is 23.7 Å².